The third-order valence-corrected chi connectivity index (χ3v) is 1.51. The van der Waals surface area contributed by atoms with Crippen molar-refractivity contribution in [2.45, 2.75) is 19.4 Å². The van der Waals surface area contributed by atoms with Crippen molar-refractivity contribution in [2.24, 2.45) is 0 Å². The van der Waals surface area contributed by atoms with E-state index in [1.165, 1.54) is 0 Å². The predicted molar refractivity (Wildman–Crippen MR) is 66.4 cm³/mol. The first kappa shape index (κ1) is 14.3. The van der Waals surface area contributed by atoms with Crippen molar-refractivity contribution in [2.75, 3.05) is 6.61 Å². The summed E-state index contributed by atoms with van der Waals surface area (Å²) in [6, 6.07) is 0. The van der Waals surface area contributed by atoms with Crippen molar-refractivity contribution in [3.8, 4) is 23.7 Å². The molecule has 0 aliphatic rings. The molecule has 0 bridgehead atoms. The van der Waals surface area contributed by atoms with Crippen molar-refractivity contribution in [3.05, 3.63) is 36.5 Å². The van der Waals surface area contributed by atoms with Crippen LogP contribution in [-0.4, -0.2) is 22.9 Å². The Morgan fingerprint density at radius 1 is 1.12 bits per heavy atom. The highest BCUT2D eigenvalue weighted by Gasteiger charge is 1.93. The number of rotatable bonds is 4. The highest BCUT2D eigenvalue weighted by molar-refractivity contribution is 5.34. The van der Waals surface area contributed by atoms with Crippen molar-refractivity contribution in [1.29, 1.82) is 0 Å². The van der Waals surface area contributed by atoms with Gasteiger partial charge in [0.25, 0.3) is 0 Å². The number of aliphatic hydroxyl groups excluding tert-OH is 2. The van der Waals surface area contributed by atoms with Crippen LogP contribution in [0.3, 0.4) is 0 Å². The van der Waals surface area contributed by atoms with Gasteiger partial charge in [-0.1, -0.05) is 36.1 Å². The second-order valence-electron chi connectivity index (χ2n) is 2.86. The Labute approximate surface area is 97.0 Å². The van der Waals surface area contributed by atoms with E-state index >= 15 is 0 Å². The summed E-state index contributed by atoms with van der Waals surface area (Å²) >= 11 is 0. The maximum absolute atomic E-state index is 9.20. The molecule has 0 aromatic rings. The summed E-state index contributed by atoms with van der Waals surface area (Å²) in [7, 11) is 0. The Balaban J connectivity index is 3.90. The van der Waals surface area contributed by atoms with Gasteiger partial charge in [0, 0.05) is 6.61 Å². The zero-order valence-corrected chi connectivity index (χ0v) is 9.35. The minimum absolute atomic E-state index is 0.0183. The maximum atomic E-state index is 9.20. The molecule has 2 nitrogen and oxygen atoms in total. The van der Waals surface area contributed by atoms with Crippen LogP contribution in [0.1, 0.15) is 13.3 Å². The van der Waals surface area contributed by atoms with E-state index in [2.05, 4.69) is 23.7 Å². The molecule has 0 aliphatic heterocycles. The van der Waals surface area contributed by atoms with Crippen LogP contribution in [0.4, 0.5) is 0 Å². The Kier molecular flexibility index (Phi) is 10.1. The van der Waals surface area contributed by atoms with Crippen LogP contribution >= 0.6 is 0 Å². The first-order chi connectivity index (χ1) is 7.81. The fraction of sp³-hybridized carbons (Fsp3) is 0.286. The quantitative estimate of drug-likeness (QED) is 0.551. The van der Waals surface area contributed by atoms with Crippen LogP contribution in [0, 0.1) is 23.7 Å². The molecule has 0 saturated carbocycles. The summed E-state index contributed by atoms with van der Waals surface area (Å²) in [4.78, 5) is 0. The number of allylic oxidation sites excluding steroid dienone is 5. The van der Waals surface area contributed by atoms with Crippen molar-refractivity contribution in [1.82, 2.24) is 0 Å². The highest BCUT2D eigenvalue weighted by Crippen LogP contribution is 1.91. The summed E-state index contributed by atoms with van der Waals surface area (Å²) in [5.74, 6) is 10.8. The lowest BCUT2D eigenvalue weighted by atomic mass is 10.2. The van der Waals surface area contributed by atoms with Gasteiger partial charge in [0.1, 0.15) is 0 Å². The minimum atomic E-state index is -0.600. The number of aliphatic hydroxyl groups is 2. The largest absolute Gasteiger partial charge is 0.396 e. The van der Waals surface area contributed by atoms with Crippen LogP contribution in [0.25, 0.3) is 0 Å². The summed E-state index contributed by atoms with van der Waals surface area (Å²) in [5, 5.41) is 17.7. The lowest BCUT2D eigenvalue weighted by Gasteiger charge is -1.98. The van der Waals surface area contributed by atoms with Crippen molar-refractivity contribution in [3.63, 3.8) is 0 Å². The van der Waals surface area contributed by atoms with Gasteiger partial charge < -0.3 is 10.2 Å². The molecule has 2 heteroatoms. The fourth-order valence-corrected chi connectivity index (χ4v) is 0.763. The SMILES string of the molecule is CC=CC#CC#CC=CC=C[C@H](O)CCO. The molecule has 2 N–H and O–H groups in total. The molecule has 0 aliphatic carbocycles. The second-order valence-corrected chi connectivity index (χ2v) is 2.86. The fourth-order valence-electron chi connectivity index (χ4n) is 0.763. The molecule has 0 saturated heterocycles. The third kappa shape index (κ3) is 10.3. The van der Waals surface area contributed by atoms with Gasteiger partial charge in [0.05, 0.1) is 6.10 Å². The van der Waals surface area contributed by atoms with E-state index in [1.54, 1.807) is 30.4 Å². The van der Waals surface area contributed by atoms with E-state index in [1.807, 2.05) is 13.0 Å². The molecule has 0 heterocycles. The van der Waals surface area contributed by atoms with Crippen molar-refractivity contribution < 1.29 is 10.2 Å². The van der Waals surface area contributed by atoms with E-state index in [0.29, 0.717) is 6.42 Å². The van der Waals surface area contributed by atoms with Crippen molar-refractivity contribution >= 4 is 0 Å². The van der Waals surface area contributed by atoms with Gasteiger partial charge in [0.15, 0.2) is 0 Å². The Morgan fingerprint density at radius 2 is 1.81 bits per heavy atom. The molecule has 1 atom stereocenters. The lowest BCUT2D eigenvalue weighted by Crippen LogP contribution is -2.03. The Hall–Kier alpha value is -1.74. The normalized spacial score (nSPS) is 12.4. The topological polar surface area (TPSA) is 40.5 Å². The Morgan fingerprint density at radius 3 is 2.44 bits per heavy atom. The molecular formula is C14H16O2. The van der Waals surface area contributed by atoms with Crippen LogP contribution in [-0.2, 0) is 0 Å². The van der Waals surface area contributed by atoms with Crippen LogP contribution in [0.5, 0.6) is 0 Å². The molecule has 16 heavy (non-hydrogen) atoms. The maximum Gasteiger partial charge on any atom is 0.0745 e. The van der Waals surface area contributed by atoms with E-state index in [9.17, 15) is 5.11 Å². The first-order valence-corrected chi connectivity index (χ1v) is 5.05. The van der Waals surface area contributed by atoms with Crippen LogP contribution in [0.2, 0.25) is 0 Å². The number of hydrogen-bond acceptors (Lipinski definition) is 2. The van der Waals surface area contributed by atoms with E-state index in [4.69, 9.17) is 5.11 Å². The van der Waals surface area contributed by atoms with E-state index in [0.717, 1.165) is 0 Å². The summed E-state index contributed by atoms with van der Waals surface area (Å²) in [6.45, 7) is 1.88. The van der Waals surface area contributed by atoms with Gasteiger partial charge in [0.2, 0.25) is 0 Å². The average Bonchev–Trinajstić information content (AvgIpc) is 2.27. The lowest BCUT2D eigenvalue weighted by molar-refractivity contribution is 0.170. The van der Waals surface area contributed by atoms with Gasteiger partial charge in [-0.05, 0) is 37.3 Å². The zero-order chi connectivity index (χ0) is 12.1. The average molecular weight is 216 g/mol. The monoisotopic (exact) mass is 216 g/mol. The van der Waals surface area contributed by atoms with Gasteiger partial charge >= 0.3 is 0 Å². The summed E-state index contributed by atoms with van der Waals surface area (Å²) in [5.41, 5.74) is 0. The molecule has 0 spiro atoms. The highest BCUT2D eigenvalue weighted by atomic mass is 16.3. The summed E-state index contributed by atoms with van der Waals surface area (Å²) < 4.78 is 0. The smallest absolute Gasteiger partial charge is 0.0745 e. The first-order valence-electron chi connectivity index (χ1n) is 5.05. The minimum Gasteiger partial charge on any atom is -0.396 e. The second kappa shape index (κ2) is 11.3. The molecule has 0 rings (SSSR count). The molecule has 84 valence electrons. The molecular weight excluding hydrogens is 200 g/mol. The van der Waals surface area contributed by atoms with Gasteiger partial charge in [-0.3, -0.25) is 0 Å². The van der Waals surface area contributed by atoms with Gasteiger partial charge in [-0.25, -0.2) is 0 Å². The third-order valence-electron chi connectivity index (χ3n) is 1.51. The molecule has 0 fully saturated rings. The number of hydrogen-bond donors (Lipinski definition) is 2. The zero-order valence-electron chi connectivity index (χ0n) is 9.35. The van der Waals surface area contributed by atoms with Gasteiger partial charge in [-0.15, -0.1) is 0 Å². The predicted octanol–water partition coefficient (Wildman–Crippen LogP) is 1.42. The molecule has 0 amide bonds. The van der Waals surface area contributed by atoms with Crippen LogP contribution in [0.15, 0.2) is 36.5 Å². The van der Waals surface area contributed by atoms with Gasteiger partial charge in [-0.2, -0.15) is 0 Å². The molecule has 0 unspecified atom stereocenters. The molecule has 0 aromatic carbocycles. The van der Waals surface area contributed by atoms with Crippen LogP contribution < -0.4 is 0 Å². The molecule has 0 aromatic heterocycles. The standard InChI is InChI=1S/C14H16O2/c1-2-3-4-5-6-7-8-9-10-11-14(16)12-13-15/h2-3,8-11,14-16H,12-13H2,1H3/t14-/m0/s1. The summed E-state index contributed by atoms with van der Waals surface area (Å²) in [6.07, 6.45) is 9.97. The molecule has 0 radical (unpaired) electrons. The Bertz CT molecular complexity index is 367. The van der Waals surface area contributed by atoms with E-state index in [-0.39, 0.29) is 6.61 Å². The van der Waals surface area contributed by atoms with E-state index < -0.39 is 6.10 Å².